The average molecular weight is 396 g/mol. The number of anilines is 2. The first kappa shape index (κ1) is 18.8. The lowest BCUT2D eigenvalue weighted by atomic mass is 10.2. The molecule has 4 rings (SSSR count). The highest BCUT2D eigenvalue weighted by Crippen LogP contribution is 2.31. The third-order valence-corrected chi connectivity index (χ3v) is 4.65. The number of amides is 2. The molecule has 150 valence electrons. The molecule has 29 heavy (non-hydrogen) atoms. The van der Waals surface area contributed by atoms with E-state index in [0.29, 0.717) is 30.2 Å². The molecule has 1 atom stereocenters. The summed E-state index contributed by atoms with van der Waals surface area (Å²) in [5, 5.41) is 2.65. The van der Waals surface area contributed by atoms with Gasteiger partial charge >= 0.3 is 5.97 Å². The Morgan fingerprint density at radius 1 is 1.10 bits per heavy atom. The minimum absolute atomic E-state index is 0.0220. The van der Waals surface area contributed by atoms with E-state index in [1.807, 2.05) is 0 Å². The molecule has 0 bridgehead atoms. The lowest BCUT2D eigenvalue weighted by molar-refractivity contribution is -0.156. The van der Waals surface area contributed by atoms with Crippen molar-refractivity contribution in [3.05, 3.63) is 48.5 Å². The van der Waals surface area contributed by atoms with E-state index in [2.05, 4.69) is 5.32 Å². The van der Waals surface area contributed by atoms with Gasteiger partial charge < -0.3 is 24.4 Å². The molecule has 2 heterocycles. The Kier molecular flexibility index (Phi) is 5.33. The Morgan fingerprint density at radius 3 is 2.59 bits per heavy atom. The molecule has 0 saturated carbocycles. The zero-order valence-corrected chi connectivity index (χ0v) is 15.6. The number of hydrogen-bond acceptors (Lipinski definition) is 6. The van der Waals surface area contributed by atoms with E-state index in [-0.39, 0.29) is 12.5 Å². The fourth-order valence-electron chi connectivity index (χ4n) is 3.21. The summed E-state index contributed by atoms with van der Waals surface area (Å²) in [6, 6.07) is 14.0. The molecule has 0 aromatic heterocycles. The minimum atomic E-state index is -0.921. The van der Waals surface area contributed by atoms with Crippen LogP contribution in [0.4, 0.5) is 11.4 Å². The molecule has 2 aliphatic rings. The zero-order chi connectivity index (χ0) is 20.2. The number of fused-ring (bicyclic) bond motifs is 1. The van der Waals surface area contributed by atoms with Gasteiger partial charge in [-0.1, -0.05) is 12.1 Å². The number of ether oxygens (including phenoxy) is 3. The lowest BCUT2D eigenvalue weighted by Crippen LogP contribution is -2.39. The third kappa shape index (κ3) is 4.31. The molecule has 1 saturated heterocycles. The summed E-state index contributed by atoms with van der Waals surface area (Å²) in [6.07, 6.45) is 0.491. The van der Waals surface area contributed by atoms with Crippen LogP contribution in [0.5, 0.6) is 11.5 Å². The molecule has 2 aliphatic heterocycles. The molecular weight excluding hydrogens is 376 g/mol. The number of nitrogens with zero attached hydrogens (tertiary/aromatic N) is 1. The summed E-state index contributed by atoms with van der Waals surface area (Å²) in [7, 11) is 0. The molecule has 1 fully saturated rings. The largest absolute Gasteiger partial charge is 0.485 e. The maximum Gasteiger partial charge on any atom is 0.351 e. The topological polar surface area (TPSA) is 94.2 Å². The maximum absolute atomic E-state index is 12.1. The van der Waals surface area contributed by atoms with Gasteiger partial charge in [-0.3, -0.25) is 9.59 Å². The van der Waals surface area contributed by atoms with Crippen LogP contribution < -0.4 is 19.7 Å². The van der Waals surface area contributed by atoms with Crippen LogP contribution in [0, 0.1) is 0 Å². The number of benzene rings is 2. The molecule has 0 radical (unpaired) electrons. The fourth-order valence-corrected chi connectivity index (χ4v) is 3.21. The van der Waals surface area contributed by atoms with Gasteiger partial charge in [0.25, 0.3) is 5.91 Å². The summed E-state index contributed by atoms with van der Waals surface area (Å²) in [5.74, 6) is -0.0154. The second kappa shape index (κ2) is 8.22. The SMILES string of the molecule is O=C(COC(=O)[C@H]1COc2ccccc2O1)Nc1ccc(N2CCCC2=O)cc1. The van der Waals surface area contributed by atoms with E-state index in [4.69, 9.17) is 14.2 Å². The minimum Gasteiger partial charge on any atom is -0.485 e. The van der Waals surface area contributed by atoms with Crippen molar-refractivity contribution in [2.45, 2.75) is 18.9 Å². The first-order valence-electron chi connectivity index (χ1n) is 9.35. The molecule has 8 nitrogen and oxygen atoms in total. The van der Waals surface area contributed by atoms with Gasteiger partial charge in [-0.25, -0.2) is 4.79 Å². The van der Waals surface area contributed by atoms with Crippen LogP contribution in [-0.4, -0.2) is 43.6 Å². The van der Waals surface area contributed by atoms with Crippen LogP contribution >= 0.6 is 0 Å². The Labute approximate surface area is 167 Å². The highest BCUT2D eigenvalue weighted by atomic mass is 16.6. The molecule has 1 N–H and O–H groups in total. The van der Waals surface area contributed by atoms with Crippen LogP contribution in [0.2, 0.25) is 0 Å². The van der Waals surface area contributed by atoms with Crippen LogP contribution in [0.1, 0.15) is 12.8 Å². The van der Waals surface area contributed by atoms with Crippen LogP contribution in [0.25, 0.3) is 0 Å². The first-order chi connectivity index (χ1) is 14.1. The van der Waals surface area contributed by atoms with E-state index >= 15 is 0 Å². The molecule has 0 unspecified atom stereocenters. The van der Waals surface area contributed by atoms with Crippen molar-refractivity contribution in [2.75, 3.05) is 30.0 Å². The Balaban J connectivity index is 1.26. The molecule has 2 aromatic rings. The van der Waals surface area contributed by atoms with Gasteiger partial charge in [-0.15, -0.1) is 0 Å². The number of nitrogens with one attached hydrogen (secondary N) is 1. The summed E-state index contributed by atoms with van der Waals surface area (Å²) >= 11 is 0. The van der Waals surface area contributed by atoms with Gasteiger partial charge in [-0.05, 0) is 42.8 Å². The smallest absolute Gasteiger partial charge is 0.351 e. The standard InChI is InChI=1S/C21H20N2O6/c24-19(22-14-7-9-15(10-8-14)23-11-3-6-20(23)25)13-28-21(26)18-12-27-16-4-1-2-5-17(16)29-18/h1-2,4-5,7-10,18H,3,6,11-13H2,(H,22,24)/t18-/m1/s1. The predicted octanol–water partition coefficient (Wildman–Crippen LogP) is 2.14. The Hall–Kier alpha value is -3.55. The van der Waals surface area contributed by atoms with E-state index in [0.717, 1.165) is 12.1 Å². The van der Waals surface area contributed by atoms with Gasteiger partial charge in [0, 0.05) is 24.3 Å². The number of rotatable bonds is 5. The zero-order valence-electron chi connectivity index (χ0n) is 15.6. The van der Waals surface area contributed by atoms with Crippen molar-refractivity contribution in [3.63, 3.8) is 0 Å². The molecule has 2 amide bonds. The van der Waals surface area contributed by atoms with Gasteiger partial charge in [0.05, 0.1) is 0 Å². The molecular formula is C21H20N2O6. The van der Waals surface area contributed by atoms with Crippen LogP contribution in [0.3, 0.4) is 0 Å². The first-order valence-corrected chi connectivity index (χ1v) is 9.35. The summed E-state index contributed by atoms with van der Waals surface area (Å²) < 4.78 is 16.1. The van der Waals surface area contributed by atoms with E-state index in [1.54, 1.807) is 53.4 Å². The number of esters is 1. The highest BCUT2D eigenvalue weighted by Gasteiger charge is 2.29. The van der Waals surface area contributed by atoms with Crippen LogP contribution in [-0.2, 0) is 19.1 Å². The van der Waals surface area contributed by atoms with E-state index in [1.165, 1.54) is 0 Å². The van der Waals surface area contributed by atoms with Crippen molar-refractivity contribution in [3.8, 4) is 11.5 Å². The fraction of sp³-hybridized carbons (Fsp3) is 0.286. The second-order valence-corrected chi connectivity index (χ2v) is 6.72. The third-order valence-electron chi connectivity index (χ3n) is 4.65. The summed E-state index contributed by atoms with van der Waals surface area (Å²) in [5.41, 5.74) is 1.35. The Bertz CT molecular complexity index is 927. The van der Waals surface area contributed by atoms with Crippen molar-refractivity contribution in [2.24, 2.45) is 0 Å². The van der Waals surface area contributed by atoms with Gasteiger partial charge in [0.2, 0.25) is 12.0 Å². The van der Waals surface area contributed by atoms with Gasteiger partial charge in [0.15, 0.2) is 18.1 Å². The second-order valence-electron chi connectivity index (χ2n) is 6.72. The van der Waals surface area contributed by atoms with E-state index in [9.17, 15) is 14.4 Å². The quantitative estimate of drug-likeness (QED) is 0.779. The molecule has 2 aromatic carbocycles. The Morgan fingerprint density at radius 2 is 1.86 bits per heavy atom. The maximum atomic E-state index is 12.1. The predicted molar refractivity (Wildman–Crippen MR) is 104 cm³/mol. The number of para-hydroxylation sites is 2. The van der Waals surface area contributed by atoms with Crippen molar-refractivity contribution in [1.29, 1.82) is 0 Å². The van der Waals surface area contributed by atoms with Crippen LogP contribution in [0.15, 0.2) is 48.5 Å². The average Bonchev–Trinajstić information content (AvgIpc) is 3.18. The molecule has 8 heteroatoms. The number of carbonyl (C=O) groups is 3. The van der Waals surface area contributed by atoms with Gasteiger partial charge in [0.1, 0.15) is 6.61 Å². The number of hydrogen-bond donors (Lipinski definition) is 1. The van der Waals surface area contributed by atoms with E-state index < -0.39 is 24.6 Å². The number of carbonyl (C=O) groups excluding carboxylic acids is 3. The monoisotopic (exact) mass is 396 g/mol. The van der Waals surface area contributed by atoms with Gasteiger partial charge in [-0.2, -0.15) is 0 Å². The molecule has 0 aliphatic carbocycles. The van der Waals surface area contributed by atoms with Crippen molar-refractivity contribution in [1.82, 2.24) is 0 Å². The molecule has 0 spiro atoms. The summed E-state index contributed by atoms with van der Waals surface area (Å²) in [4.78, 5) is 37.7. The van der Waals surface area contributed by atoms with Crippen molar-refractivity contribution >= 4 is 29.2 Å². The lowest BCUT2D eigenvalue weighted by Gasteiger charge is -2.24. The normalized spacial score (nSPS) is 17.7. The summed E-state index contributed by atoms with van der Waals surface area (Å²) in [6.45, 7) is 0.290. The highest BCUT2D eigenvalue weighted by molar-refractivity contribution is 5.96. The van der Waals surface area contributed by atoms with Crippen molar-refractivity contribution < 1.29 is 28.6 Å².